The fourth-order valence-electron chi connectivity index (χ4n) is 0.0714. The summed E-state index contributed by atoms with van der Waals surface area (Å²) in [6.07, 6.45) is 1.25. The summed E-state index contributed by atoms with van der Waals surface area (Å²) in [6, 6.07) is 0. The first kappa shape index (κ1) is 7.90. The van der Waals surface area contributed by atoms with Crippen molar-refractivity contribution in [3.05, 3.63) is 11.6 Å². The van der Waals surface area contributed by atoms with Gasteiger partial charge in [-0.3, -0.25) is 0 Å². The number of hydrogen-bond donors (Lipinski definition) is 0. The minimum atomic E-state index is -1.35. The van der Waals surface area contributed by atoms with Gasteiger partial charge in [-0.2, -0.15) is 0 Å². The predicted octanol–water partition coefficient (Wildman–Crippen LogP) is 3.11. The topological polar surface area (TPSA) is 0 Å². The van der Waals surface area contributed by atoms with Crippen LogP contribution >= 0.6 is 46.4 Å². The van der Waals surface area contributed by atoms with Crippen LogP contribution in [0.5, 0.6) is 0 Å². The van der Waals surface area contributed by atoms with Gasteiger partial charge in [0.2, 0.25) is 3.79 Å². The van der Waals surface area contributed by atoms with Crippen molar-refractivity contribution in [2.45, 2.75) is 3.79 Å². The molecule has 0 spiro atoms. The van der Waals surface area contributed by atoms with E-state index in [4.69, 9.17) is 46.4 Å². The molecule has 0 aromatic heterocycles. The molecule has 4 heteroatoms. The van der Waals surface area contributed by atoms with E-state index in [0.29, 0.717) is 0 Å². The van der Waals surface area contributed by atoms with E-state index in [-0.39, 0.29) is 0 Å². The zero-order valence-electron chi connectivity index (χ0n) is 3.17. The molecule has 0 aromatic rings. The molecule has 0 saturated carbocycles. The van der Waals surface area contributed by atoms with Crippen molar-refractivity contribution in [1.29, 1.82) is 0 Å². The maximum atomic E-state index is 5.19. The van der Waals surface area contributed by atoms with Crippen molar-refractivity contribution in [3.8, 4) is 0 Å². The summed E-state index contributed by atoms with van der Waals surface area (Å²) in [4.78, 5) is 0. The molecule has 0 aliphatic rings. The Labute approximate surface area is 62.0 Å². The van der Waals surface area contributed by atoms with E-state index in [1.165, 1.54) is 6.08 Å². The van der Waals surface area contributed by atoms with Gasteiger partial charge in [0.1, 0.15) is 0 Å². The summed E-state index contributed by atoms with van der Waals surface area (Å²) >= 11 is 20.6. The van der Waals surface area contributed by atoms with E-state index in [2.05, 4.69) is 0 Å². The lowest BCUT2D eigenvalue weighted by Gasteiger charge is -1.98. The first-order valence-electron chi connectivity index (χ1n) is 1.41. The lowest BCUT2D eigenvalue weighted by atomic mass is 10.7. The number of allylic oxidation sites excluding steroid dienone is 1. The third kappa shape index (κ3) is 6.90. The molecule has 0 aromatic carbocycles. The van der Waals surface area contributed by atoms with E-state index >= 15 is 0 Å². The molecule has 0 aliphatic heterocycles. The van der Waals surface area contributed by atoms with Gasteiger partial charge < -0.3 is 0 Å². The van der Waals surface area contributed by atoms with Crippen LogP contribution in [0, 0.1) is 0 Å². The summed E-state index contributed by atoms with van der Waals surface area (Å²) in [7, 11) is 0. The molecule has 0 aliphatic carbocycles. The summed E-state index contributed by atoms with van der Waals surface area (Å²) < 4.78 is -1.35. The Balaban J connectivity index is 3.56. The number of halogens is 4. The normalized spacial score (nSPS) is 13.1. The summed E-state index contributed by atoms with van der Waals surface area (Å²) in [6.45, 7) is 0. The fourth-order valence-corrected chi connectivity index (χ4v) is 0.643. The average Bonchev–Trinajstić information content (AvgIpc) is 1.30. The highest BCUT2D eigenvalue weighted by atomic mass is 35.6. The molecule has 0 atom stereocenters. The van der Waals surface area contributed by atoms with Crippen molar-refractivity contribution in [1.82, 2.24) is 0 Å². The summed E-state index contributed by atoms with van der Waals surface area (Å²) in [5.74, 6) is 0. The van der Waals surface area contributed by atoms with Crippen molar-refractivity contribution in [2.24, 2.45) is 0 Å². The quantitative estimate of drug-likeness (QED) is 0.502. The monoisotopic (exact) mass is 178 g/mol. The predicted molar refractivity (Wildman–Crippen MR) is 35.3 cm³/mol. The van der Waals surface area contributed by atoms with Crippen LogP contribution in [-0.2, 0) is 0 Å². The Morgan fingerprint density at radius 3 is 1.57 bits per heavy atom. The highest BCUT2D eigenvalue weighted by Gasteiger charge is 2.12. The van der Waals surface area contributed by atoms with Crippen LogP contribution in [0.3, 0.4) is 0 Å². The lowest BCUT2D eigenvalue weighted by molar-refractivity contribution is 1.48. The van der Waals surface area contributed by atoms with Gasteiger partial charge in [0.25, 0.3) is 0 Å². The molecule has 0 N–H and O–H groups in total. The molecule has 0 rings (SSSR count). The lowest BCUT2D eigenvalue weighted by Crippen LogP contribution is -1.92. The van der Waals surface area contributed by atoms with Gasteiger partial charge in [-0.15, -0.1) is 0 Å². The van der Waals surface area contributed by atoms with Gasteiger partial charge in [-0.25, -0.2) is 0 Å². The molecule has 0 nitrogen and oxygen atoms in total. The number of hydrogen-bond acceptors (Lipinski definition) is 0. The second kappa shape index (κ2) is 3.03. The van der Waals surface area contributed by atoms with Crippen molar-refractivity contribution < 1.29 is 0 Å². The van der Waals surface area contributed by atoms with Gasteiger partial charge in [-0.1, -0.05) is 46.4 Å². The largest absolute Gasteiger partial charge is 0.210 e. The van der Waals surface area contributed by atoms with Crippen molar-refractivity contribution >= 4 is 46.4 Å². The van der Waals surface area contributed by atoms with Crippen LogP contribution in [0.2, 0.25) is 0 Å². The Bertz CT molecular complexity index is 69.5. The Morgan fingerprint density at radius 2 is 1.57 bits per heavy atom. The minimum Gasteiger partial charge on any atom is -0.0931 e. The molecule has 0 bridgehead atoms. The van der Waals surface area contributed by atoms with Crippen LogP contribution in [0.1, 0.15) is 0 Å². The van der Waals surface area contributed by atoms with E-state index in [1.54, 1.807) is 0 Å². The third-order valence-corrected chi connectivity index (χ3v) is 0.756. The molecule has 0 radical (unpaired) electrons. The minimum absolute atomic E-state index is 1.16. The van der Waals surface area contributed by atoms with Crippen LogP contribution in [0.15, 0.2) is 11.6 Å². The standard InChI is InChI=1S/C3H2Cl4/c4-2-1-3(5,6)7/h1-2H/b2-1+. The van der Waals surface area contributed by atoms with Crippen LogP contribution in [0.25, 0.3) is 0 Å². The summed E-state index contributed by atoms with van der Waals surface area (Å²) in [5.41, 5.74) is 1.16. The maximum Gasteiger partial charge on any atom is 0.210 e. The number of alkyl halides is 3. The van der Waals surface area contributed by atoms with E-state index in [9.17, 15) is 0 Å². The molecule has 0 amide bonds. The van der Waals surface area contributed by atoms with Gasteiger partial charge in [0.15, 0.2) is 0 Å². The highest BCUT2D eigenvalue weighted by Crippen LogP contribution is 2.27. The maximum absolute atomic E-state index is 5.19. The van der Waals surface area contributed by atoms with Crippen LogP contribution < -0.4 is 0 Å². The molecule has 42 valence electrons. The van der Waals surface area contributed by atoms with Crippen molar-refractivity contribution in [3.63, 3.8) is 0 Å². The van der Waals surface area contributed by atoms with Gasteiger partial charge in [0.05, 0.1) is 0 Å². The summed E-state index contributed by atoms with van der Waals surface area (Å²) in [5, 5.41) is 0. The number of rotatable bonds is 0. The van der Waals surface area contributed by atoms with Gasteiger partial charge in [0, 0.05) is 5.54 Å². The second-order valence-electron chi connectivity index (χ2n) is 0.834. The van der Waals surface area contributed by atoms with E-state index in [0.717, 1.165) is 5.54 Å². The molecule has 0 fully saturated rings. The Morgan fingerprint density at radius 1 is 1.14 bits per heavy atom. The molecular weight excluding hydrogens is 178 g/mol. The molecule has 7 heavy (non-hydrogen) atoms. The second-order valence-corrected chi connectivity index (χ2v) is 3.46. The zero-order chi connectivity index (χ0) is 5.91. The average molecular weight is 180 g/mol. The van der Waals surface area contributed by atoms with E-state index < -0.39 is 3.79 Å². The Kier molecular flexibility index (Phi) is 3.42. The zero-order valence-corrected chi connectivity index (χ0v) is 6.19. The van der Waals surface area contributed by atoms with Crippen LogP contribution in [0.4, 0.5) is 0 Å². The molecule has 0 unspecified atom stereocenters. The SMILES string of the molecule is Cl/C=C/C(Cl)(Cl)Cl. The Hall–Kier alpha value is 0.900. The first-order chi connectivity index (χ1) is 3.06. The van der Waals surface area contributed by atoms with Crippen molar-refractivity contribution in [2.75, 3.05) is 0 Å². The smallest absolute Gasteiger partial charge is 0.0931 e. The van der Waals surface area contributed by atoms with Crippen LogP contribution in [-0.4, -0.2) is 3.79 Å². The molecule has 0 saturated heterocycles. The van der Waals surface area contributed by atoms with Gasteiger partial charge in [-0.05, 0) is 6.08 Å². The molecular formula is C3H2Cl4. The highest BCUT2D eigenvalue weighted by molar-refractivity contribution is 6.69. The van der Waals surface area contributed by atoms with Gasteiger partial charge >= 0.3 is 0 Å². The molecule has 0 heterocycles. The van der Waals surface area contributed by atoms with E-state index in [1.807, 2.05) is 0 Å². The third-order valence-electron chi connectivity index (χ3n) is 0.252. The fraction of sp³-hybridized carbons (Fsp3) is 0.333. The first-order valence-corrected chi connectivity index (χ1v) is 2.98.